The first-order valence-electron chi connectivity index (χ1n) is 7.64. The highest BCUT2D eigenvalue weighted by Gasteiger charge is 2.15. The first kappa shape index (κ1) is 17.5. The molecule has 1 unspecified atom stereocenters. The molecule has 0 spiro atoms. The van der Waals surface area contributed by atoms with Gasteiger partial charge in [0, 0.05) is 13.7 Å². The summed E-state index contributed by atoms with van der Waals surface area (Å²) < 4.78 is 10.8. The average Bonchev–Trinajstić information content (AvgIpc) is 2.61. The zero-order valence-corrected chi connectivity index (χ0v) is 13.8. The van der Waals surface area contributed by atoms with Gasteiger partial charge < -0.3 is 14.8 Å². The molecule has 0 aliphatic rings. The Balaban J connectivity index is 1.91. The molecule has 0 saturated carbocycles. The molecule has 2 rings (SSSR count). The molecule has 0 heterocycles. The summed E-state index contributed by atoms with van der Waals surface area (Å²) in [7, 11) is 1.64. The summed E-state index contributed by atoms with van der Waals surface area (Å²) in [5.74, 6) is 0.350. The Morgan fingerprint density at radius 1 is 1.17 bits per heavy atom. The molecular weight excluding hydrogens is 304 g/mol. The second-order valence-electron chi connectivity index (χ2n) is 5.32. The van der Waals surface area contributed by atoms with E-state index in [0.717, 1.165) is 11.1 Å². The van der Waals surface area contributed by atoms with Crippen LogP contribution in [0.4, 0.5) is 0 Å². The third-order valence-corrected chi connectivity index (χ3v) is 3.54. The minimum atomic E-state index is -0.632. The Morgan fingerprint density at radius 2 is 1.83 bits per heavy atom. The lowest BCUT2D eigenvalue weighted by atomic mass is 10.1. The molecule has 0 aromatic heterocycles. The second-order valence-corrected chi connectivity index (χ2v) is 5.32. The molecule has 0 radical (unpaired) electrons. The van der Waals surface area contributed by atoms with Gasteiger partial charge in [0.1, 0.15) is 5.75 Å². The summed E-state index contributed by atoms with van der Waals surface area (Å²) in [4.78, 5) is 12.2. The zero-order valence-electron chi connectivity index (χ0n) is 13.8. The molecule has 1 amide bonds. The van der Waals surface area contributed by atoms with E-state index in [9.17, 15) is 4.79 Å². The molecule has 5 nitrogen and oxygen atoms in total. The number of hydrogen-bond acceptors (Lipinski definition) is 4. The van der Waals surface area contributed by atoms with Crippen molar-refractivity contribution in [3.63, 3.8) is 0 Å². The number of rotatable bonds is 7. The van der Waals surface area contributed by atoms with E-state index in [-0.39, 0.29) is 5.91 Å². The van der Waals surface area contributed by atoms with E-state index >= 15 is 0 Å². The van der Waals surface area contributed by atoms with Crippen LogP contribution in [0.2, 0.25) is 0 Å². The maximum absolute atomic E-state index is 12.2. The van der Waals surface area contributed by atoms with Gasteiger partial charge in [0.05, 0.1) is 18.2 Å². The van der Waals surface area contributed by atoms with Crippen LogP contribution in [-0.4, -0.2) is 19.1 Å². The first-order chi connectivity index (χ1) is 11.6. The average molecular weight is 324 g/mol. The summed E-state index contributed by atoms with van der Waals surface area (Å²) in [6.45, 7) is 2.61. The standard InChI is InChI=1S/C19H20N2O3/c1-14(24-18-9-7-15(11-20)8-10-18)19(22)21-12-16-5-3-4-6-17(16)13-23-2/h3-10,14H,12-13H2,1-2H3,(H,21,22). The molecule has 5 heteroatoms. The molecule has 0 saturated heterocycles. The predicted molar refractivity (Wildman–Crippen MR) is 90.2 cm³/mol. The van der Waals surface area contributed by atoms with Crippen LogP contribution in [0.25, 0.3) is 0 Å². The quantitative estimate of drug-likeness (QED) is 0.850. The molecule has 2 aromatic rings. The molecule has 2 aromatic carbocycles. The fourth-order valence-electron chi connectivity index (χ4n) is 2.22. The maximum Gasteiger partial charge on any atom is 0.261 e. The smallest absolute Gasteiger partial charge is 0.261 e. The maximum atomic E-state index is 12.2. The van der Waals surface area contributed by atoms with Crippen LogP contribution in [0.15, 0.2) is 48.5 Å². The van der Waals surface area contributed by atoms with Crippen LogP contribution in [0, 0.1) is 11.3 Å². The fourth-order valence-corrected chi connectivity index (χ4v) is 2.22. The van der Waals surface area contributed by atoms with Crippen LogP contribution in [0.1, 0.15) is 23.6 Å². The second kappa shape index (κ2) is 8.70. The van der Waals surface area contributed by atoms with Crippen molar-refractivity contribution in [1.29, 1.82) is 5.26 Å². The molecule has 0 bridgehead atoms. The van der Waals surface area contributed by atoms with Gasteiger partial charge in [-0.1, -0.05) is 24.3 Å². The summed E-state index contributed by atoms with van der Waals surface area (Å²) in [5.41, 5.74) is 2.61. The number of benzene rings is 2. The Hall–Kier alpha value is -2.84. The molecule has 1 atom stereocenters. The lowest BCUT2D eigenvalue weighted by molar-refractivity contribution is -0.127. The van der Waals surface area contributed by atoms with Crippen molar-refractivity contribution in [3.8, 4) is 11.8 Å². The van der Waals surface area contributed by atoms with E-state index < -0.39 is 6.10 Å². The largest absolute Gasteiger partial charge is 0.481 e. The molecule has 24 heavy (non-hydrogen) atoms. The van der Waals surface area contributed by atoms with Crippen LogP contribution in [-0.2, 0) is 22.7 Å². The van der Waals surface area contributed by atoms with Gasteiger partial charge in [-0.2, -0.15) is 5.26 Å². The number of nitrogens with one attached hydrogen (secondary N) is 1. The molecule has 124 valence electrons. The van der Waals surface area contributed by atoms with Crippen molar-refractivity contribution in [2.75, 3.05) is 7.11 Å². The van der Waals surface area contributed by atoms with Gasteiger partial charge in [0.25, 0.3) is 5.91 Å². The minimum Gasteiger partial charge on any atom is -0.481 e. The lowest BCUT2D eigenvalue weighted by Gasteiger charge is -2.16. The van der Waals surface area contributed by atoms with E-state index in [0.29, 0.717) is 24.5 Å². The Morgan fingerprint density at radius 3 is 2.46 bits per heavy atom. The van der Waals surface area contributed by atoms with Gasteiger partial charge in [-0.3, -0.25) is 4.79 Å². The van der Waals surface area contributed by atoms with E-state index in [1.807, 2.05) is 30.3 Å². The number of carbonyl (C=O) groups is 1. The zero-order chi connectivity index (χ0) is 17.4. The number of methoxy groups -OCH3 is 1. The van der Waals surface area contributed by atoms with Crippen LogP contribution in [0.5, 0.6) is 5.75 Å². The van der Waals surface area contributed by atoms with E-state index in [4.69, 9.17) is 14.7 Å². The van der Waals surface area contributed by atoms with Gasteiger partial charge >= 0.3 is 0 Å². The van der Waals surface area contributed by atoms with Gasteiger partial charge in [-0.25, -0.2) is 0 Å². The third-order valence-electron chi connectivity index (χ3n) is 3.54. The Labute approximate surface area is 141 Å². The summed E-state index contributed by atoms with van der Waals surface area (Å²) in [6.07, 6.45) is -0.632. The van der Waals surface area contributed by atoms with Crippen molar-refractivity contribution in [2.24, 2.45) is 0 Å². The molecule has 0 aliphatic carbocycles. The van der Waals surface area contributed by atoms with Gasteiger partial charge in [0.15, 0.2) is 6.10 Å². The third kappa shape index (κ3) is 4.83. The van der Waals surface area contributed by atoms with Crippen LogP contribution in [0.3, 0.4) is 0 Å². The SMILES string of the molecule is COCc1ccccc1CNC(=O)C(C)Oc1ccc(C#N)cc1. The number of ether oxygens (including phenoxy) is 2. The normalized spacial score (nSPS) is 11.4. The number of amides is 1. The number of hydrogen-bond donors (Lipinski definition) is 1. The van der Waals surface area contributed by atoms with Crippen molar-refractivity contribution < 1.29 is 14.3 Å². The topological polar surface area (TPSA) is 71.3 Å². The highest BCUT2D eigenvalue weighted by molar-refractivity contribution is 5.80. The Kier molecular flexibility index (Phi) is 6.35. The van der Waals surface area contributed by atoms with Gasteiger partial charge in [0.2, 0.25) is 0 Å². The summed E-state index contributed by atoms with van der Waals surface area (Å²) in [6, 6.07) is 16.5. The highest BCUT2D eigenvalue weighted by Crippen LogP contribution is 2.14. The molecule has 0 aliphatic heterocycles. The van der Waals surface area contributed by atoms with Crippen molar-refractivity contribution in [1.82, 2.24) is 5.32 Å². The predicted octanol–water partition coefficient (Wildman–Crippen LogP) is 2.79. The van der Waals surface area contributed by atoms with Crippen molar-refractivity contribution in [2.45, 2.75) is 26.2 Å². The van der Waals surface area contributed by atoms with Crippen molar-refractivity contribution in [3.05, 3.63) is 65.2 Å². The number of carbonyl (C=O) groups excluding carboxylic acids is 1. The highest BCUT2D eigenvalue weighted by atomic mass is 16.5. The Bertz CT molecular complexity index is 720. The lowest BCUT2D eigenvalue weighted by Crippen LogP contribution is -2.36. The monoisotopic (exact) mass is 324 g/mol. The van der Waals surface area contributed by atoms with Gasteiger partial charge in [-0.15, -0.1) is 0 Å². The van der Waals surface area contributed by atoms with E-state index in [2.05, 4.69) is 5.32 Å². The van der Waals surface area contributed by atoms with E-state index in [1.54, 1.807) is 38.3 Å². The van der Waals surface area contributed by atoms with Crippen LogP contribution < -0.4 is 10.1 Å². The summed E-state index contributed by atoms with van der Waals surface area (Å²) in [5, 5.41) is 11.6. The van der Waals surface area contributed by atoms with E-state index in [1.165, 1.54) is 0 Å². The minimum absolute atomic E-state index is 0.202. The molecule has 0 fully saturated rings. The summed E-state index contributed by atoms with van der Waals surface area (Å²) >= 11 is 0. The first-order valence-corrected chi connectivity index (χ1v) is 7.64. The van der Waals surface area contributed by atoms with Crippen molar-refractivity contribution >= 4 is 5.91 Å². The molecular formula is C19H20N2O3. The van der Waals surface area contributed by atoms with Gasteiger partial charge in [-0.05, 0) is 42.3 Å². The number of nitrogens with zero attached hydrogens (tertiary/aromatic N) is 1. The number of nitriles is 1. The van der Waals surface area contributed by atoms with Crippen LogP contribution >= 0.6 is 0 Å². The molecule has 1 N–H and O–H groups in total. The fraction of sp³-hybridized carbons (Fsp3) is 0.263.